The van der Waals surface area contributed by atoms with Gasteiger partial charge in [0.15, 0.2) is 0 Å². The number of carbonyl (C=O) groups is 1. The monoisotopic (exact) mass is 396 g/mol. The van der Waals surface area contributed by atoms with Crippen molar-refractivity contribution in [3.05, 3.63) is 90.0 Å². The Labute approximate surface area is 172 Å². The molecule has 28 heavy (non-hydrogen) atoms. The number of cyclic esters (lactones) is 1. The molecule has 2 aromatic carbocycles. The van der Waals surface area contributed by atoms with Gasteiger partial charge in [-0.15, -0.1) is 12.4 Å². The summed E-state index contributed by atoms with van der Waals surface area (Å²) in [5.41, 5.74) is 1.21. The third-order valence-electron chi connectivity index (χ3n) is 5.35. The van der Waals surface area contributed by atoms with Crippen molar-refractivity contribution >= 4 is 18.4 Å². The summed E-state index contributed by atoms with van der Waals surface area (Å²) in [6.45, 7) is 4.87. The topological polar surface area (TPSA) is 44.1 Å². The van der Waals surface area contributed by atoms with Gasteiger partial charge in [-0.2, -0.15) is 0 Å². The molecule has 4 nitrogen and oxygen atoms in total. The lowest BCUT2D eigenvalue weighted by Crippen LogP contribution is -2.33. The molecule has 0 saturated carbocycles. The molecule has 0 N–H and O–H groups in total. The van der Waals surface area contributed by atoms with Gasteiger partial charge in [0.05, 0.1) is 6.54 Å². The number of nitrogens with zero attached hydrogens (tertiary/aromatic N) is 2. The van der Waals surface area contributed by atoms with Crippen LogP contribution >= 0.6 is 12.4 Å². The minimum atomic E-state index is -0.758. The highest BCUT2D eigenvalue weighted by Crippen LogP contribution is 2.43. The standard InChI is InChI=1S/C23H24N2O2.ClH/c1-17(2)21-24-13-14-25(21)16-20-15-23(22(26)27-20,18-9-5-3-6-10-18)19-11-7-4-8-12-19;/h3-14,17,20H,15-16H2,1-2H3;1H/t20-;/m1./s1. The van der Waals surface area contributed by atoms with E-state index in [1.165, 1.54) is 0 Å². The number of benzene rings is 2. The number of esters is 1. The lowest BCUT2D eigenvalue weighted by atomic mass is 9.72. The molecule has 1 saturated heterocycles. The first-order chi connectivity index (χ1) is 13.1. The van der Waals surface area contributed by atoms with Gasteiger partial charge in [-0.1, -0.05) is 74.5 Å². The summed E-state index contributed by atoms with van der Waals surface area (Å²) >= 11 is 0. The second-order valence-corrected chi connectivity index (χ2v) is 7.46. The summed E-state index contributed by atoms with van der Waals surface area (Å²) in [6, 6.07) is 19.9. The quantitative estimate of drug-likeness (QED) is 0.585. The largest absolute Gasteiger partial charge is 0.459 e. The maximum Gasteiger partial charge on any atom is 0.321 e. The zero-order valence-electron chi connectivity index (χ0n) is 16.1. The fraction of sp³-hybridized carbons (Fsp3) is 0.304. The van der Waals surface area contributed by atoms with E-state index >= 15 is 0 Å². The van der Waals surface area contributed by atoms with Crippen LogP contribution in [0.1, 0.15) is 43.1 Å². The Morgan fingerprint density at radius 1 is 1.07 bits per heavy atom. The maximum atomic E-state index is 13.2. The first-order valence-electron chi connectivity index (χ1n) is 9.44. The zero-order valence-corrected chi connectivity index (χ0v) is 16.9. The molecule has 1 aliphatic rings. The second kappa shape index (κ2) is 8.19. The Bertz CT molecular complexity index is 883. The molecule has 0 radical (unpaired) electrons. The van der Waals surface area contributed by atoms with Crippen LogP contribution in [0.25, 0.3) is 0 Å². The van der Waals surface area contributed by atoms with E-state index in [0.717, 1.165) is 17.0 Å². The van der Waals surface area contributed by atoms with Crippen LogP contribution in [0.5, 0.6) is 0 Å². The molecule has 0 spiro atoms. The van der Waals surface area contributed by atoms with Gasteiger partial charge in [-0.05, 0) is 11.1 Å². The molecule has 1 aliphatic heterocycles. The molecule has 5 heteroatoms. The third kappa shape index (κ3) is 3.45. The van der Waals surface area contributed by atoms with E-state index in [2.05, 4.69) is 23.4 Å². The molecule has 0 bridgehead atoms. The van der Waals surface area contributed by atoms with Crippen LogP contribution in [-0.4, -0.2) is 21.6 Å². The molecule has 0 amide bonds. The Hall–Kier alpha value is -2.59. The number of halogens is 1. The fourth-order valence-corrected chi connectivity index (χ4v) is 4.10. The minimum Gasteiger partial charge on any atom is -0.459 e. The molecule has 1 aromatic heterocycles. The van der Waals surface area contributed by atoms with E-state index in [9.17, 15) is 4.79 Å². The summed E-state index contributed by atoms with van der Waals surface area (Å²) in [5.74, 6) is 1.17. The van der Waals surface area contributed by atoms with E-state index in [1.54, 1.807) is 0 Å². The van der Waals surface area contributed by atoms with E-state index in [0.29, 0.717) is 18.9 Å². The lowest BCUT2D eigenvalue weighted by molar-refractivity contribution is -0.145. The number of carbonyl (C=O) groups excluding carboxylic acids is 1. The zero-order chi connectivity index (χ0) is 18.9. The normalized spacial score (nSPS) is 18.0. The molecule has 1 fully saturated rings. The number of aromatic nitrogens is 2. The first-order valence-corrected chi connectivity index (χ1v) is 9.44. The van der Waals surface area contributed by atoms with Crippen molar-refractivity contribution < 1.29 is 9.53 Å². The maximum absolute atomic E-state index is 13.2. The van der Waals surface area contributed by atoms with Crippen molar-refractivity contribution in [3.8, 4) is 0 Å². The van der Waals surface area contributed by atoms with Gasteiger partial charge in [-0.3, -0.25) is 4.79 Å². The van der Waals surface area contributed by atoms with Crippen molar-refractivity contribution in [2.24, 2.45) is 0 Å². The van der Waals surface area contributed by atoms with Gasteiger partial charge in [0, 0.05) is 24.7 Å². The Kier molecular flexibility index (Phi) is 5.90. The smallest absolute Gasteiger partial charge is 0.321 e. The van der Waals surface area contributed by atoms with Crippen molar-refractivity contribution in [1.29, 1.82) is 0 Å². The van der Waals surface area contributed by atoms with Gasteiger partial charge < -0.3 is 9.30 Å². The van der Waals surface area contributed by atoms with Crippen LogP contribution in [0.3, 0.4) is 0 Å². The second-order valence-electron chi connectivity index (χ2n) is 7.46. The van der Waals surface area contributed by atoms with E-state index in [1.807, 2.05) is 73.1 Å². The van der Waals surface area contributed by atoms with Crippen LogP contribution in [0.2, 0.25) is 0 Å². The lowest BCUT2D eigenvalue weighted by Gasteiger charge is -2.26. The Balaban J connectivity index is 0.00000225. The SMILES string of the molecule is CC(C)c1nccn1C[C@H]1CC(c2ccccc2)(c2ccccc2)C(=O)O1.Cl. The summed E-state index contributed by atoms with van der Waals surface area (Å²) in [7, 11) is 0. The number of hydrogen-bond acceptors (Lipinski definition) is 3. The van der Waals surface area contributed by atoms with Crippen molar-refractivity contribution in [1.82, 2.24) is 9.55 Å². The number of ether oxygens (including phenoxy) is 1. The van der Waals surface area contributed by atoms with Crippen molar-refractivity contribution in [2.75, 3.05) is 0 Å². The van der Waals surface area contributed by atoms with Gasteiger partial charge >= 0.3 is 5.97 Å². The average Bonchev–Trinajstić information content (AvgIpc) is 3.28. The predicted octanol–water partition coefficient (Wildman–Crippen LogP) is 4.73. The van der Waals surface area contributed by atoms with Crippen molar-refractivity contribution in [3.63, 3.8) is 0 Å². The highest BCUT2D eigenvalue weighted by molar-refractivity contribution is 5.89. The van der Waals surface area contributed by atoms with Crippen LogP contribution in [0.15, 0.2) is 73.1 Å². The highest BCUT2D eigenvalue weighted by atomic mass is 35.5. The summed E-state index contributed by atoms with van der Waals surface area (Å²) in [6.07, 6.45) is 4.21. The van der Waals surface area contributed by atoms with Crippen LogP contribution in [0.4, 0.5) is 0 Å². The molecule has 0 aliphatic carbocycles. The molecule has 3 aromatic rings. The molecule has 1 atom stereocenters. The van der Waals surface area contributed by atoms with E-state index in [4.69, 9.17) is 4.74 Å². The minimum absolute atomic E-state index is 0. The Morgan fingerprint density at radius 2 is 1.64 bits per heavy atom. The number of hydrogen-bond donors (Lipinski definition) is 0. The molecular weight excluding hydrogens is 372 g/mol. The first kappa shape index (κ1) is 20.2. The van der Waals surface area contributed by atoms with Crippen LogP contribution < -0.4 is 0 Å². The molecular formula is C23H25ClN2O2. The van der Waals surface area contributed by atoms with Gasteiger partial charge in [0.2, 0.25) is 0 Å². The Morgan fingerprint density at radius 3 is 2.18 bits per heavy atom. The van der Waals surface area contributed by atoms with Crippen LogP contribution in [-0.2, 0) is 21.5 Å². The average molecular weight is 397 g/mol. The predicted molar refractivity (Wildman–Crippen MR) is 112 cm³/mol. The molecule has 0 unspecified atom stereocenters. The van der Waals surface area contributed by atoms with Gasteiger partial charge in [-0.25, -0.2) is 4.98 Å². The fourth-order valence-electron chi connectivity index (χ4n) is 4.10. The summed E-state index contributed by atoms with van der Waals surface area (Å²) < 4.78 is 8.01. The van der Waals surface area contributed by atoms with Gasteiger partial charge in [0.1, 0.15) is 17.3 Å². The number of imidazole rings is 1. The van der Waals surface area contributed by atoms with Gasteiger partial charge in [0.25, 0.3) is 0 Å². The summed E-state index contributed by atoms with van der Waals surface area (Å²) in [4.78, 5) is 17.7. The van der Waals surface area contributed by atoms with Crippen molar-refractivity contribution in [2.45, 2.75) is 44.2 Å². The molecule has 4 rings (SSSR count). The number of rotatable bonds is 5. The third-order valence-corrected chi connectivity index (χ3v) is 5.35. The van der Waals surface area contributed by atoms with E-state index in [-0.39, 0.29) is 24.5 Å². The van der Waals surface area contributed by atoms with Crippen LogP contribution in [0, 0.1) is 0 Å². The van der Waals surface area contributed by atoms with E-state index < -0.39 is 5.41 Å². The summed E-state index contributed by atoms with van der Waals surface area (Å²) in [5, 5.41) is 0. The molecule has 146 valence electrons. The highest BCUT2D eigenvalue weighted by Gasteiger charge is 2.51. The molecule has 2 heterocycles.